The van der Waals surface area contributed by atoms with E-state index in [1.165, 1.54) is 4.31 Å². The fourth-order valence-electron chi connectivity index (χ4n) is 2.96. The third-order valence-electron chi connectivity index (χ3n) is 4.35. The van der Waals surface area contributed by atoms with Crippen LogP contribution in [-0.4, -0.2) is 53.1 Å². The van der Waals surface area contributed by atoms with Gasteiger partial charge in [0.05, 0.1) is 24.8 Å². The predicted octanol–water partition coefficient (Wildman–Crippen LogP) is 2.21. The summed E-state index contributed by atoms with van der Waals surface area (Å²) in [4.78, 5) is 2.47. The van der Waals surface area contributed by atoms with Crippen LogP contribution in [0.1, 0.15) is 0 Å². The molecule has 0 amide bonds. The smallest absolute Gasteiger partial charge is 0.243 e. The normalized spacial score (nSPS) is 15.8. The number of benzene rings is 2. The van der Waals surface area contributed by atoms with Crippen LogP contribution in [0.2, 0.25) is 0 Å². The lowest BCUT2D eigenvalue weighted by molar-refractivity contribution is 0.375. The minimum absolute atomic E-state index is 0.338. The molecule has 0 bridgehead atoms. The van der Waals surface area contributed by atoms with Crippen molar-refractivity contribution in [3.8, 4) is 11.5 Å². The molecule has 134 valence electrons. The molecule has 0 atom stereocenters. The minimum Gasteiger partial charge on any atom is -0.497 e. The zero-order valence-corrected chi connectivity index (χ0v) is 15.2. The number of hydrogen-bond donors (Lipinski definition) is 0. The molecule has 0 aliphatic carbocycles. The zero-order valence-electron chi connectivity index (χ0n) is 14.4. The molecule has 1 aliphatic rings. The van der Waals surface area contributed by atoms with Crippen molar-refractivity contribution in [3.05, 3.63) is 48.5 Å². The summed E-state index contributed by atoms with van der Waals surface area (Å²) in [5, 5.41) is 0. The fraction of sp³-hybridized carbons (Fsp3) is 0.333. The molecule has 0 saturated carbocycles. The lowest BCUT2D eigenvalue weighted by Gasteiger charge is -2.36. The van der Waals surface area contributed by atoms with Crippen LogP contribution < -0.4 is 14.4 Å². The van der Waals surface area contributed by atoms with E-state index < -0.39 is 10.0 Å². The molecule has 0 spiro atoms. The molecule has 0 unspecified atom stereocenters. The molecule has 1 aliphatic heterocycles. The Morgan fingerprint density at radius 2 is 1.56 bits per heavy atom. The van der Waals surface area contributed by atoms with E-state index in [0.29, 0.717) is 31.1 Å². The third kappa shape index (κ3) is 3.57. The topological polar surface area (TPSA) is 59.1 Å². The number of piperazine rings is 1. The van der Waals surface area contributed by atoms with E-state index in [0.717, 1.165) is 17.2 Å². The summed E-state index contributed by atoms with van der Waals surface area (Å²) in [6, 6.07) is 14.2. The summed E-state index contributed by atoms with van der Waals surface area (Å²) in [5.41, 5.74) is 0.944. The van der Waals surface area contributed by atoms with Crippen molar-refractivity contribution in [1.29, 1.82) is 0 Å². The first-order valence-electron chi connectivity index (χ1n) is 8.08. The Kier molecular flexibility index (Phi) is 5.15. The molecule has 0 aromatic heterocycles. The number of nitrogens with zero attached hydrogens (tertiary/aromatic N) is 2. The maximum Gasteiger partial charge on any atom is 0.243 e. The summed E-state index contributed by atoms with van der Waals surface area (Å²) >= 11 is 0. The molecule has 3 rings (SSSR count). The van der Waals surface area contributed by atoms with Gasteiger partial charge in [-0.15, -0.1) is 0 Å². The van der Waals surface area contributed by atoms with Crippen molar-refractivity contribution in [2.45, 2.75) is 4.90 Å². The monoisotopic (exact) mass is 362 g/mol. The first-order chi connectivity index (χ1) is 12.1. The highest BCUT2D eigenvalue weighted by molar-refractivity contribution is 7.89. The van der Waals surface area contributed by atoms with E-state index in [4.69, 9.17) is 9.47 Å². The molecule has 2 aromatic carbocycles. The molecule has 7 heteroatoms. The second-order valence-electron chi connectivity index (χ2n) is 5.74. The summed E-state index contributed by atoms with van der Waals surface area (Å²) in [6.07, 6.45) is 0. The predicted molar refractivity (Wildman–Crippen MR) is 97.0 cm³/mol. The highest BCUT2D eigenvalue weighted by Gasteiger charge is 2.29. The van der Waals surface area contributed by atoms with Crippen LogP contribution in [0.4, 0.5) is 5.69 Å². The van der Waals surface area contributed by atoms with E-state index in [9.17, 15) is 8.42 Å². The number of rotatable bonds is 5. The Bertz CT molecular complexity index is 816. The average molecular weight is 362 g/mol. The zero-order chi connectivity index (χ0) is 17.9. The highest BCUT2D eigenvalue weighted by atomic mass is 32.2. The van der Waals surface area contributed by atoms with Gasteiger partial charge in [-0.25, -0.2) is 8.42 Å². The van der Waals surface area contributed by atoms with Crippen LogP contribution in [0.25, 0.3) is 0 Å². The molecule has 1 saturated heterocycles. The van der Waals surface area contributed by atoms with Crippen molar-refractivity contribution in [1.82, 2.24) is 4.31 Å². The van der Waals surface area contributed by atoms with Gasteiger partial charge in [-0.05, 0) is 24.3 Å². The summed E-state index contributed by atoms with van der Waals surface area (Å²) < 4.78 is 37.6. The molecule has 0 radical (unpaired) electrons. The Morgan fingerprint density at radius 3 is 2.16 bits per heavy atom. The van der Waals surface area contributed by atoms with E-state index in [2.05, 4.69) is 4.90 Å². The first-order valence-corrected chi connectivity index (χ1v) is 9.52. The second kappa shape index (κ2) is 7.33. The van der Waals surface area contributed by atoms with Crippen molar-refractivity contribution in [3.63, 3.8) is 0 Å². The lowest BCUT2D eigenvalue weighted by Crippen LogP contribution is -2.48. The number of ether oxygens (including phenoxy) is 2. The van der Waals surface area contributed by atoms with Gasteiger partial charge < -0.3 is 14.4 Å². The number of anilines is 1. The Morgan fingerprint density at radius 1 is 0.880 bits per heavy atom. The Labute approximate surface area is 148 Å². The molecule has 25 heavy (non-hydrogen) atoms. The van der Waals surface area contributed by atoms with Crippen molar-refractivity contribution < 1.29 is 17.9 Å². The number of sulfonamides is 1. The van der Waals surface area contributed by atoms with Gasteiger partial charge in [-0.2, -0.15) is 4.31 Å². The quantitative estimate of drug-likeness (QED) is 0.816. The first kappa shape index (κ1) is 17.6. The van der Waals surface area contributed by atoms with Crippen molar-refractivity contribution >= 4 is 15.7 Å². The lowest BCUT2D eigenvalue weighted by atomic mass is 10.2. The molecule has 0 N–H and O–H groups in total. The standard InChI is InChI=1S/C18H22N2O4S/c1-23-15-8-9-17(18(14-15)24-2)19-10-12-20(13-11-19)25(21,22)16-6-4-3-5-7-16/h3-9,14H,10-13H2,1-2H3. The van der Waals surface area contributed by atoms with Crippen LogP contribution in [-0.2, 0) is 10.0 Å². The van der Waals surface area contributed by atoms with Crippen LogP contribution in [0.3, 0.4) is 0 Å². The summed E-state index contributed by atoms with van der Waals surface area (Å²) in [5.74, 6) is 1.45. The van der Waals surface area contributed by atoms with Gasteiger partial charge >= 0.3 is 0 Å². The average Bonchev–Trinajstić information content (AvgIpc) is 2.68. The highest BCUT2D eigenvalue weighted by Crippen LogP contribution is 2.33. The molecule has 1 heterocycles. The van der Waals surface area contributed by atoms with E-state index in [1.54, 1.807) is 38.5 Å². The van der Waals surface area contributed by atoms with Crippen molar-refractivity contribution in [2.24, 2.45) is 0 Å². The fourth-order valence-corrected chi connectivity index (χ4v) is 4.40. The van der Waals surface area contributed by atoms with Crippen LogP contribution in [0.15, 0.2) is 53.4 Å². The molecular weight excluding hydrogens is 340 g/mol. The number of hydrogen-bond acceptors (Lipinski definition) is 5. The number of methoxy groups -OCH3 is 2. The van der Waals surface area contributed by atoms with Gasteiger partial charge in [0.2, 0.25) is 10.0 Å². The van der Waals surface area contributed by atoms with Gasteiger partial charge in [0.15, 0.2) is 0 Å². The van der Waals surface area contributed by atoms with E-state index in [-0.39, 0.29) is 0 Å². The van der Waals surface area contributed by atoms with Crippen LogP contribution in [0, 0.1) is 0 Å². The maximum atomic E-state index is 12.7. The minimum atomic E-state index is -3.44. The van der Waals surface area contributed by atoms with Crippen molar-refractivity contribution in [2.75, 3.05) is 45.3 Å². The summed E-state index contributed by atoms with van der Waals surface area (Å²) in [7, 11) is -0.206. The summed E-state index contributed by atoms with van der Waals surface area (Å²) in [6.45, 7) is 2.09. The largest absolute Gasteiger partial charge is 0.497 e. The van der Waals surface area contributed by atoms with Gasteiger partial charge in [-0.1, -0.05) is 18.2 Å². The Balaban J connectivity index is 1.74. The van der Waals surface area contributed by atoms with Crippen LogP contribution >= 0.6 is 0 Å². The Hall–Kier alpha value is -2.25. The van der Waals surface area contributed by atoms with Crippen LogP contribution in [0.5, 0.6) is 11.5 Å². The van der Waals surface area contributed by atoms with Gasteiger partial charge in [0, 0.05) is 32.2 Å². The van der Waals surface area contributed by atoms with Gasteiger partial charge in [-0.3, -0.25) is 0 Å². The van der Waals surface area contributed by atoms with E-state index in [1.807, 2.05) is 24.3 Å². The SMILES string of the molecule is COc1ccc(N2CCN(S(=O)(=O)c3ccccc3)CC2)c(OC)c1. The third-order valence-corrected chi connectivity index (χ3v) is 6.26. The second-order valence-corrected chi connectivity index (χ2v) is 7.68. The molecule has 1 fully saturated rings. The van der Waals surface area contributed by atoms with E-state index >= 15 is 0 Å². The van der Waals surface area contributed by atoms with Gasteiger partial charge in [0.1, 0.15) is 11.5 Å². The molecule has 2 aromatic rings. The molecule has 6 nitrogen and oxygen atoms in total. The molecular formula is C18H22N2O4S. The maximum absolute atomic E-state index is 12.7. The van der Waals surface area contributed by atoms with Gasteiger partial charge in [0.25, 0.3) is 0 Å².